The van der Waals surface area contributed by atoms with Crippen LogP contribution in [-0.2, 0) is 0 Å². The largest absolute Gasteiger partial charge is 0.508 e. The molecule has 0 aliphatic heterocycles. The van der Waals surface area contributed by atoms with Crippen LogP contribution in [-0.4, -0.2) is 20.7 Å². The van der Waals surface area contributed by atoms with E-state index in [1.807, 2.05) is 19.1 Å². The number of nitrogens with zero attached hydrogens (tertiary/aromatic N) is 1. The Kier molecular flexibility index (Phi) is 3.75. The second-order valence-corrected chi connectivity index (χ2v) is 6.33. The molecule has 2 N–H and O–H groups in total. The number of carboxylic acids is 1. The molecule has 23 heavy (non-hydrogen) atoms. The second kappa shape index (κ2) is 5.73. The van der Waals surface area contributed by atoms with E-state index in [-0.39, 0.29) is 11.3 Å². The quantitative estimate of drug-likeness (QED) is 0.774. The summed E-state index contributed by atoms with van der Waals surface area (Å²) in [5, 5.41) is 18.6. The van der Waals surface area contributed by atoms with Gasteiger partial charge in [-0.1, -0.05) is 0 Å². The summed E-state index contributed by atoms with van der Waals surface area (Å²) in [5.74, 6) is -1.15. The van der Waals surface area contributed by atoms with Crippen molar-refractivity contribution in [3.63, 3.8) is 0 Å². The number of aryl methyl sites for hydroxylation is 1. The summed E-state index contributed by atoms with van der Waals surface area (Å²) in [6.45, 7) is 1.96. The third-order valence-electron chi connectivity index (χ3n) is 3.40. The number of pyridine rings is 1. The first-order valence-electron chi connectivity index (χ1n) is 6.82. The normalized spacial score (nSPS) is 10.7. The van der Waals surface area contributed by atoms with Crippen LogP contribution >= 0.6 is 11.3 Å². The predicted molar refractivity (Wildman–Crippen MR) is 88.7 cm³/mol. The molecular weight excluding hydrogens is 314 g/mol. The molecule has 0 aliphatic carbocycles. The minimum atomic E-state index is -1.27. The number of hydrogen-bond acceptors (Lipinski definition) is 4. The standard InChI is InChI=1S/C17H13NO4S/c1-10-2-7-16(23-10)14-8-15(20)13(17(21)22)9-18(14)11-3-5-12(19)6-4-11/h2-9,19H,1H3,(H,21,22). The Morgan fingerprint density at radius 1 is 1.13 bits per heavy atom. The maximum Gasteiger partial charge on any atom is 0.341 e. The van der Waals surface area contributed by atoms with Gasteiger partial charge in [-0.3, -0.25) is 4.79 Å². The topological polar surface area (TPSA) is 79.5 Å². The molecule has 0 bridgehead atoms. The fourth-order valence-electron chi connectivity index (χ4n) is 2.28. The van der Waals surface area contributed by atoms with E-state index in [1.54, 1.807) is 16.7 Å². The Labute approximate surface area is 135 Å². The van der Waals surface area contributed by atoms with Crippen molar-refractivity contribution in [2.24, 2.45) is 0 Å². The SMILES string of the molecule is Cc1ccc(-c2cc(=O)c(C(=O)O)cn2-c2ccc(O)cc2)s1. The van der Waals surface area contributed by atoms with Gasteiger partial charge in [0.05, 0.1) is 10.6 Å². The van der Waals surface area contributed by atoms with E-state index in [9.17, 15) is 19.8 Å². The van der Waals surface area contributed by atoms with Gasteiger partial charge in [0.25, 0.3) is 0 Å². The van der Waals surface area contributed by atoms with Gasteiger partial charge in [-0.2, -0.15) is 0 Å². The van der Waals surface area contributed by atoms with Crippen LogP contribution in [0.5, 0.6) is 5.75 Å². The molecule has 0 fully saturated rings. The third-order valence-corrected chi connectivity index (χ3v) is 4.43. The van der Waals surface area contributed by atoms with E-state index in [1.165, 1.54) is 35.7 Å². The second-order valence-electron chi connectivity index (χ2n) is 5.04. The number of phenolic OH excluding ortho intramolecular Hbond substituents is 1. The van der Waals surface area contributed by atoms with E-state index < -0.39 is 11.4 Å². The Balaban J connectivity index is 2.29. The van der Waals surface area contributed by atoms with Crippen LogP contribution in [0, 0.1) is 6.92 Å². The first-order chi connectivity index (χ1) is 11.0. The molecule has 0 atom stereocenters. The number of carboxylic acid groups (broad SMARTS) is 1. The van der Waals surface area contributed by atoms with Crippen LogP contribution in [0.4, 0.5) is 0 Å². The van der Waals surface area contributed by atoms with E-state index in [2.05, 4.69) is 0 Å². The first kappa shape index (κ1) is 15.1. The van der Waals surface area contributed by atoms with E-state index in [0.29, 0.717) is 11.4 Å². The lowest BCUT2D eigenvalue weighted by atomic mass is 10.2. The van der Waals surface area contributed by atoms with Crippen molar-refractivity contribution in [2.45, 2.75) is 6.92 Å². The number of rotatable bonds is 3. The van der Waals surface area contributed by atoms with Crippen molar-refractivity contribution in [1.29, 1.82) is 0 Å². The molecule has 0 aliphatic rings. The number of aromatic nitrogens is 1. The molecule has 6 heteroatoms. The van der Waals surface area contributed by atoms with Crippen LogP contribution in [0.25, 0.3) is 16.3 Å². The maximum absolute atomic E-state index is 12.1. The van der Waals surface area contributed by atoms with E-state index in [4.69, 9.17) is 0 Å². The van der Waals surface area contributed by atoms with Crippen LogP contribution in [0.3, 0.4) is 0 Å². The molecule has 0 amide bonds. The van der Waals surface area contributed by atoms with Crippen molar-refractivity contribution < 1.29 is 15.0 Å². The minimum Gasteiger partial charge on any atom is -0.508 e. The fraction of sp³-hybridized carbons (Fsp3) is 0.0588. The zero-order chi connectivity index (χ0) is 16.6. The van der Waals surface area contributed by atoms with Crippen molar-refractivity contribution in [2.75, 3.05) is 0 Å². The van der Waals surface area contributed by atoms with Gasteiger partial charge in [-0.15, -0.1) is 11.3 Å². The van der Waals surface area contributed by atoms with Gasteiger partial charge in [-0.05, 0) is 43.3 Å². The van der Waals surface area contributed by atoms with Gasteiger partial charge in [0.2, 0.25) is 0 Å². The van der Waals surface area contributed by atoms with Gasteiger partial charge in [0.15, 0.2) is 5.43 Å². The number of carbonyl (C=O) groups is 1. The Morgan fingerprint density at radius 3 is 2.39 bits per heavy atom. The van der Waals surface area contributed by atoms with Crippen LogP contribution in [0.15, 0.2) is 53.5 Å². The average molecular weight is 327 g/mol. The lowest BCUT2D eigenvalue weighted by Crippen LogP contribution is -2.17. The summed E-state index contributed by atoms with van der Waals surface area (Å²) in [6.07, 6.45) is 1.32. The Bertz CT molecular complexity index is 938. The molecule has 5 nitrogen and oxygen atoms in total. The highest BCUT2D eigenvalue weighted by Gasteiger charge is 2.15. The van der Waals surface area contributed by atoms with Gasteiger partial charge in [-0.25, -0.2) is 4.79 Å². The molecule has 2 aromatic heterocycles. The number of aromatic hydroxyl groups is 1. The van der Waals surface area contributed by atoms with Crippen molar-refractivity contribution in [3.05, 3.63) is 69.3 Å². The monoisotopic (exact) mass is 327 g/mol. The molecule has 3 rings (SSSR count). The molecule has 0 spiro atoms. The predicted octanol–water partition coefficient (Wildman–Crippen LogP) is 3.28. The van der Waals surface area contributed by atoms with Crippen LogP contribution in [0.2, 0.25) is 0 Å². The highest BCUT2D eigenvalue weighted by Crippen LogP contribution is 2.29. The van der Waals surface area contributed by atoms with E-state index in [0.717, 1.165) is 9.75 Å². The molecular formula is C17H13NO4S. The first-order valence-corrected chi connectivity index (χ1v) is 7.63. The smallest absolute Gasteiger partial charge is 0.341 e. The molecule has 1 aromatic carbocycles. The highest BCUT2D eigenvalue weighted by atomic mass is 32.1. The third kappa shape index (κ3) is 2.89. The lowest BCUT2D eigenvalue weighted by Gasteiger charge is -2.13. The van der Waals surface area contributed by atoms with Gasteiger partial charge in [0, 0.05) is 22.8 Å². The Hall–Kier alpha value is -2.86. The van der Waals surface area contributed by atoms with Crippen molar-refractivity contribution >= 4 is 17.3 Å². The maximum atomic E-state index is 12.1. The summed E-state index contributed by atoms with van der Waals surface area (Å²) < 4.78 is 1.65. The zero-order valence-electron chi connectivity index (χ0n) is 12.2. The van der Waals surface area contributed by atoms with Crippen LogP contribution < -0.4 is 5.43 Å². The molecule has 116 valence electrons. The summed E-state index contributed by atoms with van der Waals surface area (Å²) in [6, 6.07) is 11.5. The number of thiophene rings is 1. The number of benzene rings is 1. The summed E-state index contributed by atoms with van der Waals surface area (Å²) in [7, 11) is 0. The van der Waals surface area contributed by atoms with Gasteiger partial charge in [0.1, 0.15) is 11.3 Å². The number of phenols is 1. The van der Waals surface area contributed by atoms with Crippen molar-refractivity contribution in [1.82, 2.24) is 4.57 Å². The fourth-order valence-corrected chi connectivity index (χ4v) is 3.16. The summed E-state index contributed by atoms with van der Waals surface area (Å²) in [4.78, 5) is 25.3. The Morgan fingerprint density at radius 2 is 1.83 bits per heavy atom. The summed E-state index contributed by atoms with van der Waals surface area (Å²) >= 11 is 1.52. The number of aromatic carboxylic acids is 1. The van der Waals surface area contributed by atoms with Gasteiger partial charge < -0.3 is 14.8 Å². The van der Waals surface area contributed by atoms with E-state index >= 15 is 0 Å². The van der Waals surface area contributed by atoms with Crippen molar-refractivity contribution in [3.8, 4) is 22.0 Å². The zero-order valence-corrected chi connectivity index (χ0v) is 13.0. The van der Waals surface area contributed by atoms with Crippen LogP contribution in [0.1, 0.15) is 15.2 Å². The van der Waals surface area contributed by atoms with Gasteiger partial charge >= 0.3 is 5.97 Å². The molecule has 0 radical (unpaired) electrons. The molecule has 3 aromatic rings. The molecule has 0 unspecified atom stereocenters. The minimum absolute atomic E-state index is 0.113. The highest BCUT2D eigenvalue weighted by molar-refractivity contribution is 7.15. The molecule has 0 saturated carbocycles. The number of hydrogen-bond donors (Lipinski definition) is 2. The molecule has 2 heterocycles. The average Bonchev–Trinajstić information content (AvgIpc) is 2.94. The lowest BCUT2D eigenvalue weighted by molar-refractivity contribution is 0.0695. The summed E-state index contributed by atoms with van der Waals surface area (Å²) in [5.41, 5.74) is 0.443. The molecule has 0 saturated heterocycles.